The summed E-state index contributed by atoms with van der Waals surface area (Å²) in [6.07, 6.45) is 1.78. The van der Waals surface area contributed by atoms with Crippen molar-refractivity contribution >= 4 is 12.1 Å². The molecule has 31 heavy (non-hydrogen) atoms. The molecule has 0 aliphatic carbocycles. The number of benzene rings is 3. The number of carbonyl (C=O) groups is 1. The highest BCUT2D eigenvalue weighted by Gasteiger charge is 2.08. The zero-order valence-corrected chi connectivity index (χ0v) is 17.9. The van der Waals surface area contributed by atoms with Crippen LogP contribution in [0.4, 0.5) is 0 Å². The molecular formula is C25H26N2O4. The Morgan fingerprint density at radius 3 is 2.26 bits per heavy atom. The third kappa shape index (κ3) is 6.60. The molecule has 0 fully saturated rings. The van der Waals surface area contributed by atoms with Gasteiger partial charge in [-0.1, -0.05) is 35.9 Å². The number of nitrogens with one attached hydrogen (secondary N) is 1. The minimum absolute atomic E-state index is 0.184. The van der Waals surface area contributed by atoms with Crippen molar-refractivity contribution in [1.82, 2.24) is 5.43 Å². The van der Waals surface area contributed by atoms with E-state index in [0.717, 1.165) is 22.4 Å². The molecule has 0 saturated heterocycles. The zero-order chi connectivity index (χ0) is 22.1. The second-order valence-electron chi connectivity index (χ2n) is 7.00. The second-order valence-corrected chi connectivity index (χ2v) is 7.00. The van der Waals surface area contributed by atoms with E-state index in [9.17, 15) is 4.79 Å². The largest absolute Gasteiger partial charge is 0.493 e. The van der Waals surface area contributed by atoms with Gasteiger partial charge in [-0.2, -0.15) is 5.10 Å². The molecule has 6 heteroatoms. The highest BCUT2D eigenvalue weighted by Crippen LogP contribution is 2.27. The molecular weight excluding hydrogens is 392 g/mol. The van der Waals surface area contributed by atoms with Gasteiger partial charge in [0.05, 0.1) is 26.9 Å². The van der Waals surface area contributed by atoms with Crippen LogP contribution in [0, 0.1) is 6.92 Å². The van der Waals surface area contributed by atoms with Crippen LogP contribution in [0.2, 0.25) is 0 Å². The van der Waals surface area contributed by atoms with Gasteiger partial charge in [0.15, 0.2) is 11.5 Å². The van der Waals surface area contributed by atoms with Gasteiger partial charge in [-0.25, -0.2) is 5.43 Å². The van der Waals surface area contributed by atoms with E-state index in [2.05, 4.69) is 41.7 Å². The smallest absolute Gasteiger partial charge is 0.244 e. The molecule has 0 saturated carbocycles. The minimum Gasteiger partial charge on any atom is -0.493 e. The molecule has 1 N–H and O–H groups in total. The van der Waals surface area contributed by atoms with E-state index in [4.69, 9.17) is 14.2 Å². The molecule has 0 heterocycles. The number of carbonyl (C=O) groups excluding carboxylic acids is 1. The fraction of sp³-hybridized carbons (Fsp3) is 0.200. The Morgan fingerprint density at radius 2 is 1.58 bits per heavy atom. The Morgan fingerprint density at radius 1 is 0.903 bits per heavy atom. The van der Waals surface area contributed by atoms with Crippen LogP contribution >= 0.6 is 0 Å². The molecule has 0 aliphatic rings. The van der Waals surface area contributed by atoms with Crippen LogP contribution in [0.5, 0.6) is 17.2 Å². The van der Waals surface area contributed by atoms with Crippen LogP contribution in [-0.4, -0.2) is 26.3 Å². The summed E-state index contributed by atoms with van der Waals surface area (Å²) >= 11 is 0. The predicted molar refractivity (Wildman–Crippen MR) is 121 cm³/mol. The van der Waals surface area contributed by atoms with Crippen molar-refractivity contribution in [1.29, 1.82) is 0 Å². The van der Waals surface area contributed by atoms with Gasteiger partial charge >= 0.3 is 0 Å². The van der Waals surface area contributed by atoms with E-state index in [-0.39, 0.29) is 12.3 Å². The van der Waals surface area contributed by atoms with Crippen molar-refractivity contribution < 1.29 is 19.0 Å². The first-order chi connectivity index (χ1) is 15.1. The summed E-state index contributed by atoms with van der Waals surface area (Å²) in [6, 6.07) is 21.1. The fourth-order valence-electron chi connectivity index (χ4n) is 2.90. The molecule has 0 unspecified atom stereocenters. The van der Waals surface area contributed by atoms with Crippen LogP contribution in [0.25, 0.3) is 0 Å². The number of hydrogen-bond acceptors (Lipinski definition) is 5. The number of nitrogens with zero attached hydrogens (tertiary/aromatic N) is 1. The lowest BCUT2D eigenvalue weighted by Gasteiger charge is -2.09. The first-order valence-corrected chi connectivity index (χ1v) is 9.88. The van der Waals surface area contributed by atoms with Crippen molar-refractivity contribution in [2.24, 2.45) is 5.10 Å². The van der Waals surface area contributed by atoms with Crippen molar-refractivity contribution in [2.75, 3.05) is 14.2 Å². The van der Waals surface area contributed by atoms with E-state index < -0.39 is 0 Å². The number of amides is 1. The van der Waals surface area contributed by atoms with Gasteiger partial charge < -0.3 is 14.2 Å². The molecule has 0 atom stereocenters. The summed E-state index contributed by atoms with van der Waals surface area (Å²) in [5, 5.41) is 4.02. The van der Waals surface area contributed by atoms with Crippen molar-refractivity contribution in [3.63, 3.8) is 0 Å². The van der Waals surface area contributed by atoms with Gasteiger partial charge in [-0.05, 0) is 60.0 Å². The molecule has 3 aromatic rings. The van der Waals surface area contributed by atoms with Crippen molar-refractivity contribution in [3.05, 3.63) is 89.0 Å². The van der Waals surface area contributed by atoms with E-state index >= 15 is 0 Å². The first-order valence-electron chi connectivity index (χ1n) is 9.88. The Hall–Kier alpha value is -3.80. The van der Waals surface area contributed by atoms with Gasteiger partial charge in [0.1, 0.15) is 12.4 Å². The first kappa shape index (κ1) is 21.9. The van der Waals surface area contributed by atoms with Gasteiger partial charge in [0, 0.05) is 0 Å². The normalized spacial score (nSPS) is 10.7. The van der Waals surface area contributed by atoms with Gasteiger partial charge in [0.25, 0.3) is 0 Å². The molecule has 3 aromatic carbocycles. The molecule has 0 aromatic heterocycles. The standard InChI is InChI=1S/C25H26N2O4/c1-18-4-6-20(7-5-18)17-31-22-11-8-19(9-12-22)16-26-27-25(28)15-21-10-13-23(29-2)24(14-21)30-3/h4-14,16H,15,17H2,1-3H3,(H,27,28)/b26-16-. The highest BCUT2D eigenvalue weighted by molar-refractivity contribution is 5.83. The lowest BCUT2D eigenvalue weighted by atomic mass is 10.1. The summed E-state index contributed by atoms with van der Waals surface area (Å²) in [6.45, 7) is 2.57. The molecule has 0 radical (unpaired) electrons. The van der Waals surface area contributed by atoms with Crippen LogP contribution in [0.15, 0.2) is 71.8 Å². The minimum atomic E-state index is -0.221. The number of methoxy groups -OCH3 is 2. The number of hydrazone groups is 1. The van der Waals surface area contributed by atoms with Gasteiger partial charge in [-0.3, -0.25) is 4.79 Å². The summed E-state index contributed by atoms with van der Waals surface area (Å²) in [7, 11) is 3.13. The third-order valence-corrected chi connectivity index (χ3v) is 4.62. The van der Waals surface area contributed by atoms with E-state index in [1.807, 2.05) is 30.3 Å². The number of ether oxygens (including phenoxy) is 3. The molecule has 3 rings (SSSR count). The molecule has 0 bridgehead atoms. The predicted octanol–water partition coefficient (Wildman–Crippen LogP) is 4.28. The van der Waals surface area contributed by atoms with E-state index in [0.29, 0.717) is 18.1 Å². The van der Waals surface area contributed by atoms with Crippen molar-refractivity contribution in [3.8, 4) is 17.2 Å². The van der Waals surface area contributed by atoms with Crippen LogP contribution < -0.4 is 19.6 Å². The average Bonchev–Trinajstić information content (AvgIpc) is 2.79. The molecule has 0 aliphatic heterocycles. The topological polar surface area (TPSA) is 69.2 Å². The van der Waals surface area contributed by atoms with Crippen LogP contribution in [-0.2, 0) is 17.8 Å². The molecule has 6 nitrogen and oxygen atoms in total. The third-order valence-electron chi connectivity index (χ3n) is 4.62. The summed E-state index contributed by atoms with van der Waals surface area (Å²) in [4.78, 5) is 12.1. The second kappa shape index (κ2) is 10.8. The van der Waals surface area contributed by atoms with Crippen LogP contribution in [0.1, 0.15) is 22.3 Å². The summed E-state index contributed by atoms with van der Waals surface area (Å²) < 4.78 is 16.3. The van der Waals surface area contributed by atoms with E-state index in [1.165, 1.54) is 5.56 Å². The van der Waals surface area contributed by atoms with E-state index in [1.54, 1.807) is 32.6 Å². The highest BCUT2D eigenvalue weighted by atomic mass is 16.5. The Labute approximate surface area is 182 Å². The Balaban J connectivity index is 1.48. The number of hydrogen-bond donors (Lipinski definition) is 1. The lowest BCUT2D eigenvalue weighted by Crippen LogP contribution is -2.19. The van der Waals surface area contributed by atoms with Crippen LogP contribution in [0.3, 0.4) is 0 Å². The number of rotatable bonds is 9. The molecule has 160 valence electrons. The maximum absolute atomic E-state index is 12.1. The molecule has 1 amide bonds. The maximum atomic E-state index is 12.1. The SMILES string of the molecule is COc1ccc(CC(=O)N/N=C\c2ccc(OCc3ccc(C)cc3)cc2)cc1OC. The fourth-order valence-corrected chi connectivity index (χ4v) is 2.90. The average molecular weight is 418 g/mol. The quantitative estimate of drug-likeness (QED) is 0.416. The van der Waals surface area contributed by atoms with Gasteiger partial charge in [-0.15, -0.1) is 0 Å². The van der Waals surface area contributed by atoms with Gasteiger partial charge in [0.2, 0.25) is 5.91 Å². The number of aryl methyl sites for hydroxylation is 1. The summed E-state index contributed by atoms with van der Waals surface area (Å²) in [5.41, 5.74) is 6.54. The zero-order valence-electron chi connectivity index (χ0n) is 17.9. The lowest BCUT2D eigenvalue weighted by molar-refractivity contribution is -0.120. The van der Waals surface area contributed by atoms with Crippen molar-refractivity contribution in [2.45, 2.75) is 20.0 Å². The Kier molecular flexibility index (Phi) is 7.65. The summed E-state index contributed by atoms with van der Waals surface area (Å²) in [5.74, 6) is 1.76. The maximum Gasteiger partial charge on any atom is 0.244 e. The molecule has 0 spiro atoms. The Bertz CT molecular complexity index is 1030. The monoisotopic (exact) mass is 418 g/mol.